The van der Waals surface area contributed by atoms with Gasteiger partial charge < -0.3 is 0 Å². The van der Waals surface area contributed by atoms with Crippen molar-refractivity contribution in [3.8, 4) is 0 Å². The summed E-state index contributed by atoms with van der Waals surface area (Å²) in [6.45, 7) is 0. The van der Waals surface area contributed by atoms with E-state index in [4.69, 9.17) is 52.6 Å². The minimum Gasteiger partial charge on any atom is -0.264 e. The van der Waals surface area contributed by atoms with Crippen LogP contribution in [0.25, 0.3) is 0 Å². The van der Waals surface area contributed by atoms with Crippen LogP contribution in [0.4, 0.5) is 0 Å². The second-order valence-corrected chi connectivity index (χ2v) is 4.03. The number of hydrogen-bond acceptors (Lipinski definition) is 6. The summed E-state index contributed by atoms with van der Waals surface area (Å²) < 4.78 is 94.8. The van der Waals surface area contributed by atoms with Crippen LogP contribution < -0.4 is 0 Å². The van der Waals surface area contributed by atoms with Crippen LogP contribution in [0.1, 0.15) is 0 Å². The Hall–Kier alpha value is 1.04. The molecule has 17 heteroatoms. The third-order valence-corrected chi connectivity index (χ3v) is 0. The molecule has 6 N–H and O–H groups in total. The molecule has 0 saturated heterocycles. The van der Waals surface area contributed by atoms with Gasteiger partial charge in [0.15, 0.2) is 0 Å². The zero-order chi connectivity index (χ0) is 13.5. The molecule has 0 amide bonds. The molecule has 0 saturated carbocycles. The van der Waals surface area contributed by atoms with Gasteiger partial charge in [-0.25, -0.2) is 0 Å². The summed E-state index contributed by atoms with van der Waals surface area (Å²) in [6, 6.07) is 0. The Balaban J connectivity index is -0.0000000400. The van der Waals surface area contributed by atoms with Crippen LogP contribution in [0.15, 0.2) is 0 Å². The molecule has 0 bridgehead atoms. The third kappa shape index (κ3) is 3570. The van der Waals surface area contributed by atoms with Gasteiger partial charge in [0.25, 0.3) is 0 Å². The minimum atomic E-state index is -4.67. The van der Waals surface area contributed by atoms with Gasteiger partial charge in [0.2, 0.25) is 0 Å². The molecular weight excluding hydrogens is 384 g/mol. The quantitative estimate of drug-likeness (QED) is 0.196. The molecule has 0 aliphatic heterocycles. The predicted octanol–water partition coefficient (Wildman–Crippen LogP) is -1.96. The standard InChI is InChI=1S/3H2O4S.2Ti/c3*1-5(2,3)4;;/h3*(H2,1,2,3,4);;. The van der Waals surface area contributed by atoms with Crippen molar-refractivity contribution in [2.45, 2.75) is 0 Å². The van der Waals surface area contributed by atoms with E-state index < -0.39 is 31.2 Å². The maximum atomic E-state index is 8.74. The molecular formula is H6O12S3Ti2. The SMILES string of the molecule is O=S(=O)(O)O.O=S(=O)(O)O.O=S(=O)(O)O.[Ti].[Ti]. The van der Waals surface area contributed by atoms with Gasteiger partial charge in [-0.1, -0.05) is 0 Å². The van der Waals surface area contributed by atoms with Crippen LogP contribution >= 0.6 is 0 Å². The van der Waals surface area contributed by atoms with Crippen LogP contribution in [0.3, 0.4) is 0 Å². The van der Waals surface area contributed by atoms with Gasteiger partial charge in [0.05, 0.1) is 0 Å². The molecule has 0 rings (SSSR count). The molecule has 17 heavy (non-hydrogen) atoms. The summed E-state index contributed by atoms with van der Waals surface area (Å²) in [6.07, 6.45) is 0. The smallest absolute Gasteiger partial charge is 0.264 e. The summed E-state index contributed by atoms with van der Waals surface area (Å²) >= 11 is 0. The van der Waals surface area contributed by atoms with Crippen molar-refractivity contribution in [1.29, 1.82) is 0 Å². The van der Waals surface area contributed by atoms with Crippen LogP contribution in [0.2, 0.25) is 0 Å². The van der Waals surface area contributed by atoms with Gasteiger partial charge in [-0.05, 0) is 0 Å². The molecule has 0 aliphatic carbocycles. The number of rotatable bonds is 0. The van der Waals surface area contributed by atoms with Crippen molar-refractivity contribution in [3.05, 3.63) is 0 Å². The van der Waals surface area contributed by atoms with Crippen LogP contribution in [-0.4, -0.2) is 52.6 Å². The fourth-order valence-corrected chi connectivity index (χ4v) is 0. The van der Waals surface area contributed by atoms with E-state index in [0.29, 0.717) is 0 Å². The molecule has 0 aromatic rings. The van der Waals surface area contributed by atoms with E-state index in [1.165, 1.54) is 0 Å². The molecule has 0 radical (unpaired) electrons. The fraction of sp³-hybridized carbons (Fsp3) is 0. The molecule has 0 aromatic carbocycles. The van der Waals surface area contributed by atoms with Gasteiger partial charge in [-0.2, -0.15) is 25.3 Å². The predicted molar refractivity (Wildman–Crippen MR) is 42.5 cm³/mol. The average Bonchev–Trinajstić information content (AvgIpc) is 1.41. The Bertz CT molecular complexity index is 341. The van der Waals surface area contributed by atoms with Crippen molar-refractivity contribution in [2.75, 3.05) is 0 Å². The Labute approximate surface area is 126 Å². The van der Waals surface area contributed by atoms with Gasteiger partial charge in [-0.3, -0.25) is 27.3 Å². The molecule has 12 nitrogen and oxygen atoms in total. The van der Waals surface area contributed by atoms with E-state index in [0.717, 1.165) is 0 Å². The zero-order valence-electron chi connectivity index (χ0n) is 7.36. The van der Waals surface area contributed by atoms with Crippen LogP contribution in [0.5, 0.6) is 0 Å². The second-order valence-electron chi connectivity index (χ2n) is 1.34. The second kappa shape index (κ2) is 12.1. The topological polar surface area (TPSA) is 224 Å². The summed E-state index contributed by atoms with van der Waals surface area (Å²) in [4.78, 5) is 0. The van der Waals surface area contributed by atoms with E-state index in [1.54, 1.807) is 0 Å². The summed E-state index contributed by atoms with van der Waals surface area (Å²) in [5, 5.41) is 0. The van der Waals surface area contributed by atoms with Gasteiger partial charge in [0.1, 0.15) is 0 Å². The van der Waals surface area contributed by atoms with E-state index in [2.05, 4.69) is 0 Å². The maximum Gasteiger partial charge on any atom is 0.394 e. The molecule has 0 aromatic heterocycles. The molecule has 0 spiro atoms. The molecule has 0 heterocycles. The van der Waals surface area contributed by atoms with E-state index in [-0.39, 0.29) is 43.4 Å². The van der Waals surface area contributed by atoms with Crippen molar-refractivity contribution in [2.24, 2.45) is 0 Å². The van der Waals surface area contributed by atoms with Crippen LogP contribution in [0, 0.1) is 0 Å². The van der Waals surface area contributed by atoms with Crippen molar-refractivity contribution in [1.82, 2.24) is 0 Å². The minimum absolute atomic E-state index is 0. The molecule has 0 fully saturated rings. The monoisotopic (exact) mass is 390 g/mol. The summed E-state index contributed by atoms with van der Waals surface area (Å²) in [5.41, 5.74) is 0. The van der Waals surface area contributed by atoms with E-state index in [9.17, 15) is 0 Å². The normalized spacial score (nSPS) is 10.2. The van der Waals surface area contributed by atoms with E-state index >= 15 is 0 Å². The zero-order valence-corrected chi connectivity index (χ0v) is 12.9. The Morgan fingerprint density at radius 1 is 0.412 bits per heavy atom. The summed E-state index contributed by atoms with van der Waals surface area (Å²) in [7, 11) is -14.0. The molecule has 0 atom stereocenters. The first kappa shape index (κ1) is 30.8. The maximum absolute atomic E-state index is 8.74. The Morgan fingerprint density at radius 2 is 0.412 bits per heavy atom. The average molecular weight is 390 g/mol. The third-order valence-electron chi connectivity index (χ3n) is 0. The Morgan fingerprint density at radius 3 is 0.412 bits per heavy atom. The first-order valence-corrected chi connectivity index (χ1v) is 6.29. The van der Waals surface area contributed by atoms with Crippen molar-refractivity contribution >= 4 is 31.2 Å². The molecule has 104 valence electrons. The largest absolute Gasteiger partial charge is 0.394 e. The van der Waals surface area contributed by atoms with Crippen LogP contribution in [-0.2, 0) is 74.6 Å². The first-order valence-electron chi connectivity index (χ1n) is 2.10. The molecule has 0 aliphatic rings. The van der Waals surface area contributed by atoms with E-state index in [1.807, 2.05) is 0 Å². The Kier molecular flexibility index (Phi) is 21.9. The van der Waals surface area contributed by atoms with Gasteiger partial charge in [-0.15, -0.1) is 0 Å². The molecule has 0 unspecified atom stereocenters. The van der Waals surface area contributed by atoms with Gasteiger partial charge in [0, 0.05) is 43.4 Å². The summed E-state index contributed by atoms with van der Waals surface area (Å²) in [5.74, 6) is 0. The van der Waals surface area contributed by atoms with Crippen molar-refractivity contribution < 1.29 is 96.0 Å². The fourth-order valence-electron chi connectivity index (χ4n) is 0. The van der Waals surface area contributed by atoms with Crippen molar-refractivity contribution in [3.63, 3.8) is 0 Å². The first-order chi connectivity index (χ1) is 6.00. The number of hydrogen-bond donors (Lipinski definition) is 6. The van der Waals surface area contributed by atoms with Gasteiger partial charge >= 0.3 is 31.2 Å².